The molecule has 0 aliphatic heterocycles. The molecular weight excluding hydrogens is 625 g/mol. The van der Waals surface area contributed by atoms with E-state index in [0.29, 0.717) is 5.95 Å². The molecule has 0 bridgehead atoms. The van der Waals surface area contributed by atoms with Crippen molar-refractivity contribution in [2.24, 2.45) is 0 Å². The van der Waals surface area contributed by atoms with E-state index in [0.717, 1.165) is 33.9 Å². The number of para-hydroxylation sites is 1. The number of hydrogen-bond donors (Lipinski definition) is 0. The molecule has 1 unspecified atom stereocenters. The maximum Gasteiger partial charge on any atom is 0.132 e. The molecule has 0 amide bonds. The Morgan fingerprint density at radius 1 is 0.806 bits per heavy atom. The molecule has 6 nitrogen and oxygen atoms in total. The number of benzene rings is 3. The topological polar surface area (TPSA) is 53.5 Å². The molecule has 7 heteroatoms. The van der Waals surface area contributed by atoms with Crippen molar-refractivity contribution in [3.63, 3.8) is 0 Å². The Hall–Kier alpha value is -4.06. The van der Waals surface area contributed by atoms with Crippen LogP contribution in [0.3, 0.4) is 0 Å². The molecule has 0 fully saturated rings. The number of hydrogen-bond acceptors (Lipinski definition) is 3. The van der Waals surface area contributed by atoms with Crippen LogP contribution < -0.4 is 0 Å². The van der Waals surface area contributed by atoms with E-state index in [1.807, 2.05) is 53.3 Å². The second kappa shape index (κ2) is 10.3. The van der Waals surface area contributed by atoms with Gasteiger partial charge >= 0.3 is 0 Å². The van der Waals surface area contributed by atoms with Crippen molar-refractivity contribution in [3.8, 4) is 28.6 Å². The fourth-order valence-electron chi connectivity index (χ4n) is 4.33. The largest absolute Gasteiger partial charge is 0.330 e. The molecule has 3 aromatic heterocycles. The number of aromatic nitrogens is 6. The second-order valence-corrected chi connectivity index (χ2v) is 8.22. The van der Waals surface area contributed by atoms with Crippen molar-refractivity contribution in [2.75, 3.05) is 0 Å². The van der Waals surface area contributed by atoms with Gasteiger partial charge in [-0.15, -0.1) is 12.1 Å². The maximum atomic E-state index is 5.16. The minimum absolute atomic E-state index is 0. The molecule has 6 rings (SSSR count). The molecular formula is C29H22IrN6-2. The summed E-state index contributed by atoms with van der Waals surface area (Å²) in [6.07, 6.45) is 8.58. The summed E-state index contributed by atoms with van der Waals surface area (Å²) in [5.41, 5.74) is 5.96. The third-order valence-corrected chi connectivity index (χ3v) is 6.02. The Balaban J connectivity index is 0.00000267. The van der Waals surface area contributed by atoms with Crippen molar-refractivity contribution in [1.82, 2.24) is 29.1 Å². The minimum atomic E-state index is -0.0417. The summed E-state index contributed by atoms with van der Waals surface area (Å²) in [4.78, 5) is 5.16. The van der Waals surface area contributed by atoms with E-state index >= 15 is 0 Å². The van der Waals surface area contributed by atoms with Gasteiger partial charge in [0.1, 0.15) is 5.95 Å². The molecule has 179 valence electrons. The number of imidazole rings is 1. The van der Waals surface area contributed by atoms with E-state index in [4.69, 9.17) is 4.98 Å². The van der Waals surface area contributed by atoms with Gasteiger partial charge in [0.2, 0.25) is 0 Å². The predicted octanol–water partition coefficient (Wildman–Crippen LogP) is 5.66. The Morgan fingerprint density at radius 2 is 1.58 bits per heavy atom. The van der Waals surface area contributed by atoms with Crippen LogP contribution in [-0.2, 0) is 20.1 Å². The summed E-state index contributed by atoms with van der Waals surface area (Å²) in [5, 5.41) is 8.83. The first-order chi connectivity index (χ1) is 17.3. The Morgan fingerprint density at radius 3 is 2.28 bits per heavy atom. The second-order valence-electron chi connectivity index (χ2n) is 8.22. The van der Waals surface area contributed by atoms with Crippen molar-refractivity contribution in [2.45, 2.75) is 12.8 Å². The van der Waals surface area contributed by atoms with Crippen LogP contribution in [0.2, 0.25) is 0 Å². The monoisotopic (exact) mass is 647 g/mol. The maximum absolute atomic E-state index is 5.16. The van der Waals surface area contributed by atoms with Crippen LogP contribution >= 0.6 is 0 Å². The van der Waals surface area contributed by atoms with Gasteiger partial charge in [0.15, 0.2) is 0 Å². The minimum Gasteiger partial charge on any atom is -0.330 e. The summed E-state index contributed by atoms with van der Waals surface area (Å²) in [5.74, 6) is 0.644. The number of rotatable bonds is 6. The Bertz CT molecular complexity index is 1540. The van der Waals surface area contributed by atoms with Crippen LogP contribution in [-0.4, -0.2) is 29.1 Å². The smallest absolute Gasteiger partial charge is 0.132 e. The van der Waals surface area contributed by atoms with Gasteiger partial charge in [-0.25, -0.2) is 0 Å². The van der Waals surface area contributed by atoms with Gasteiger partial charge < -0.3 is 9.25 Å². The van der Waals surface area contributed by atoms with Crippen molar-refractivity contribution in [3.05, 3.63) is 133 Å². The van der Waals surface area contributed by atoms with Crippen LogP contribution in [0.15, 0.2) is 110 Å². The average Bonchev–Trinajstić information content (AvgIpc) is 3.70. The molecule has 6 aromatic rings. The summed E-state index contributed by atoms with van der Waals surface area (Å²) in [7, 11) is 0. The van der Waals surface area contributed by atoms with Gasteiger partial charge in [0.05, 0.1) is 11.4 Å². The molecule has 36 heavy (non-hydrogen) atoms. The summed E-state index contributed by atoms with van der Waals surface area (Å²) in [6.45, 7) is 2.17. The zero-order chi connectivity index (χ0) is 23.6. The summed E-state index contributed by atoms with van der Waals surface area (Å²) >= 11 is 0. The molecule has 0 saturated carbocycles. The normalized spacial score (nSPS) is 11.7. The molecule has 1 atom stereocenters. The van der Waals surface area contributed by atoms with Crippen molar-refractivity contribution < 1.29 is 20.1 Å². The van der Waals surface area contributed by atoms with Crippen LogP contribution in [0.25, 0.3) is 28.6 Å². The van der Waals surface area contributed by atoms with Crippen LogP contribution in [0.1, 0.15) is 24.1 Å². The fraction of sp³-hybridized carbons (Fsp3) is 0.0690. The average molecular weight is 647 g/mol. The fourth-order valence-corrected chi connectivity index (χ4v) is 4.33. The van der Waals surface area contributed by atoms with Gasteiger partial charge in [0.25, 0.3) is 0 Å². The molecule has 3 heterocycles. The third-order valence-electron chi connectivity index (χ3n) is 6.02. The molecule has 0 saturated heterocycles. The van der Waals surface area contributed by atoms with Gasteiger partial charge in [-0.05, 0) is 29.4 Å². The Labute approximate surface area is 223 Å². The molecule has 0 aliphatic rings. The summed E-state index contributed by atoms with van der Waals surface area (Å²) in [6, 6.07) is 34.0. The zero-order valence-corrected chi connectivity index (χ0v) is 21.9. The van der Waals surface area contributed by atoms with E-state index in [1.54, 1.807) is 23.1 Å². The van der Waals surface area contributed by atoms with E-state index in [2.05, 4.69) is 76.4 Å². The van der Waals surface area contributed by atoms with Crippen molar-refractivity contribution >= 4 is 0 Å². The molecule has 3 aromatic carbocycles. The first-order valence-electron chi connectivity index (χ1n) is 11.5. The molecule has 0 aliphatic carbocycles. The van der Waals surface area contributed by atoms with Crippen LogP contribution in [0.5, 0.6) is 0 Å². The Kier molecular flexibility index (Phi) is 6.76. The number of nitrogens with zero attached hydrogens (tertiary/aromatic N) is 6. The van der Waals surface area contributed by atoms with E-state index in [9.17, 15) is 0 Å². The molecule has 0 spiro atoms. The van der Waals surface area contributed by atoms with E-state index < -0.39 is 0 Å². The zero-order valence-electron chi connectivity index (χ0n) is 19.5. The van der Waals surface area contributed by atoms with Crippen LogP contribution in [0.4, 0.5) is 0 Å². The first-order valence-corrected chi connectivity index (χ1v) is 11.5. The standard InChI is InChI=1S/C29H22N6.Ir/c1-22(24-13-8-16-26(21-24)33-19-9-17-30-33)27-28(23-11-4-2-5-12-23)35(25-14-6-3-7-15-25)29(32-27)34-20-10-18-31-34;/h2-19,22H,1H3;/q-2;. The van der Waals surface area contributed by atoms with Gasteiger partial charge in [-0.2, -0.15) is 28.9 Å². The third kappa shape index (κ3) is 4.35. The van der Waals surface area contributed by atoms with Crippen LogP contribution in [0, 0.1) is 12.3 Å². The quantitative estimate of drug-likeness (QED) is 0.220. The van der Waals surface area contributed by atoms with Gasteiger partial charge in [-0.1, -0.05) is 67.8 Å². The van der Waals surface area contributed by atoms with Gasteiger partial charge in [0, 0.05) is 44.1 Å². The molecule has 0 N–H and O–H groups in total. The SMILES string of the molecule is CC(c1[c-]c(-n2cccn2)ccc1)c1nc(-n2[c-]ccn2)n(-c2ccccc2)c1-c1ccccc1.[Ir]. The van der Waals surface area contributed by atoms with E-state index in [-0.39, 0.29) is 26.0 Å². The van der Waals surface area contributed by atoms with E-state index in [1.165, 1.54) is 0 Å². The summed E-state index contributed by atoms with van der Waals surface area (Å²) < 4.78 is 5.67. The first kappa shape index (κ1) is 23.7. The van der Waals surface area contributed by atoms with Crippen molar-refractivity contribution in [1.29, 1.82) is 0 Å². The predicted molar refractivity (Wildman–Crippen MR) is 135 cm³/mol. The van der Waals surface area contributed by atoms with Gasteiger partial charge in [-0.3, -0.25) is 14.8 Å². The molecule has 1 radical (unpaired) electrons.